The van der Waals surface area contributed by atoms with Crippen LogP contribution in [-0.4, -0.2) is 24.0 Å². The fourth-order valence-electron chi connectivity index (χ4n) is 0.813. The third kappa shape index (κ3) is 5.58. The lowest BCUT2D eigenvalue weighted by Gasteiger charge is -2.37. The molecule has 0 aromatic heterocycles. The fraction of sp³-hybridized carbons (Fsp3) is 0.800. The maximum Gasteiger partial charge on any atom is 0.388 e. The third-order valence-corrected chi connectivity index (χ3v) is 8.46. The zero-order chi connectivity index (χ0) is 13.9. The third-order valence-electron chi connectivity index (χ3n) is 2.88. The van der Waals surface area contributed by atoms with Crippen molar-refractivity contribution in [3.05, 3.63) is 11.6 Å². The molecule has 0 atom stereocenters. The second-order valence-corrected chi connectivity index (χ2v) is 12.1. The Balaban J connectivity index is 5.09. The van der Waals surface area contributed by atoms with Gasteiger partial charge in [0.05, 0.1) is 0 Å². The molecular formula is C10H22ClO4PSi. The highest BCUT2D eigenvalue weighted by Crippen LogP contribution is 2.50. The average Bonchev–Trinajstić information content (AvgIpc) is 2.08. The van der Waals surface area contributed by atoms with E-state index in [0.29, 0.717) is 12.3 Å². The molecule has 0 saturated heterocycles. The molecule has 0 aliphatic rings. The van der Waals surface area contributed by atoms with Gasteiger partial charge in [0.15, 0.2) is 5.50 Å². The van der Waals surface area contributed by atoms with Crippen molar-refractivity contribution in [3.8, 4) is 0 Å². The van der Waals surface area contributed by atoms with Crippen LogP contribution in [0.3, 0.4) is 0 Å². The zero-order valence-electron chi connectivity index (χ0n) is 11.0. The van der Waals surface area contributed by atoms with E-state index in [4.69, 9.17) is 16.0 Å². The highest BCUT2D eigenvalue weighted by atomic mass is 35.5. The van der Waals surface area contributed by atoms with E-state index < -0.39 is 15.9 Å². The first-order valence-electron chi connectivity index (χ1n) is 5.43. The van der Waals surface area contributed by atoms with Crippen molar-refractivity contribution in [2.24, 2.45) is 0 Å². The van der Waals surface area contributed by atoms with E-state index in [2.05, 4.69) is 0 Å². The average molecular weight is 301 g/mol. The number of allylic oxidation sites excluding steroid dienone is 1. The maximum absolute atomic E-state index is 11.3. The molecule has 0 radical (unpaired) electrons. The van der Waals surface area contributed by atoms with Gasteiger partial charge in [0.25, 0.3) is 8.32 Å². The molecule has 0 spiro atoms. The summed E-state index contributed by atoms with van der Waals surface area (Å²) < 4.78 is 17.0. The summed E-state index contributed by atoms with van der Waals surface area (Å²) in [4.78, 5) is 18.5. The summed E-state index contributed by atoms with van der Waals surface area (Å²) >= 11 is 5.52. The molecule has 0 aliphatic heterocycles. The van der Waals surface area contributed by atoms with Crippen LogP contribution in [0.5, 0.6) is 0 Å². The minimum absolute atomic E-state index is 0.109. The molecule has 0 fully saturated rings. The van der Waals surface area contributed by atoms with E-state index in [1.807, 2.05) is 33.9 Å². The van der Waals surface area contributed by atoms with Gasteiger partial charge in [-0.05, 0) is 30.6 Å². The molecule has 0 aliphatic carbocycles. The SMILES string of the molecule is CC(C)(C)[Si](C)(C)OC(=CCCCl)P(=O)(O)O. The molecule has 0 saturated carbocycles. The maximum atomic E-state index is 11.3. The van der Waals surface area contributed by atoms with E-state index in [9.17, 15) is 14.4 Å². The monoisotopic (exact) mass is 300 g/mol. The lowest BCUT2D eigenvalue weighted by molar-refractivity contribution is 0.331. The Morgan fingerprint density at radius 3 is 2.18 bits per heavy atom. The topological polar surface area (TPSA) is 66.8 Å². The molecule has 0 aromatic rings. The summed E-state index contributed by atoms with van der Waals surface area (Å²) in [7, 11) is -6.59. The molecule has 102 valence electrons. The van der Waals surface area contributed by atoms with Gasteiger partial charge >= 0.3 is 7.60 Å². The van der Waals surface area contributed by atoms with Crippen molar-refractivity contribution in [2.45, 2.75) is 45.3 Å². The number of halogens is 1. The summed E-state index contributed by atoms with van der Waals surface area (Å²) in [6, 6.07) is 0. The number of hydrogen-bond acceptors (Lipinski definition) is 2. The molecule has 4 nitrogen and oxygen atoms in total. The summed E-state index contributed by atoms with van der Waals surface area (Å²) in [5, 5.41) is -0.109. The van der Waals surface area contributed by atoms with Crippen molar-refractivity contribution in [3.63, 3.8) is 0 Å². The fourth-order valence-corrected chi connectivity index (χ4v) is 3.36. The normalized spacial score (nSPS) is 14.9. The van der Waals surface area contributed by atoms with Gasteiger partial charge in [-0.15, -0.1) is 11.6 Å². The number of alkyl halides is 1. The lowest BCUT2D eigenvalue weighted by atomic mass is 10.2. The Labute approximate surface area is 109 Å². The summed E-state index contributed by atoms with van der Waals surface area (Å²) in [6.45, 7) is 9.92. The molecule has 17 heavy (non-hydrogen) atoms. The Morgan fingerprint density at radius 1 is 1.41 bits per heavy atom. The molecule has 7 heteroatoms. The first-order valence-corrected chi connectivity index (χ1v) is 10.5. The van der Waals surface area contributed by atoms with Crippen LogP contribution in [0.4, 0.5) is 0 Å². The molecule has 0 heterocycles. The minimum atomic E-state index is -4.36. The van der Waals surface area contributed by atoms with E-state index in [1.165, 1.54) is 6.08 Å². The van der Waals surface area contributed by atoms with E-state index in [0.717, 1.165) is 0 Å². The van der Waals surface area contributed by atoms with Crippen LogP contribution >= 0.6 is 19.2 Å². The van der Waals surface area contributed by atoms with Gasteiger partial charge in [0.2, 0.25) is 0 Å². The van der Waals surface area contributed by atoms with Crippen LogP contribution in [0.2, 0.25) is 18.1 Å². The largest absolute Gasteiger partial charge is 0.538 e. The van der Waals surface area contributed by atoms with Crippen LogP contribution in [0.15, 0.2) is 11.6 Å². The summed E-state index contributed by atoms with van der Waals surface area (Å²) in [6.07, 6.45) is 1.78. The van der Waals surface area contributed by atoms with E-state index in [-0.39, 0.29) is 10.5 Å². The van der Waals surface area contributed by atoms with Gasteiger partial charge in [-0.2, -0.15) is 0 Å². The van der Waals surface area contributed by atoms with Crippen molar-refractivity contribution >= 4 is 27.5 Å². The number of rotatable bonds is 5. The molecule has 0 bridgehead atoms. The molecule has 0 amide bonds. The molecular weight excluding hydrogens is 279 g/mol. The quantitative estimate of drug-likeness (QED) is 0.352. The van der Waals surface area contributed by atoms with Gasteiger partial charge in [-0.25, -0.2) is 0 Å². The second-order valence-electron chi connectivity index (χ2n) is 5.43. The van der Waals surface area contributed by atoms with Crippen LogP contribution in [-0.2, 0) is 8.99 Å². The Bertz CT molecular complexity index is 330. The van der Waals surface area contributed by atoms with Crippen molar-refractivity contribution in [2.75, 3.05) is 5.88 Å². The van der Waals surface area contributed by atoms with Crippen molar-refractivity contribution in [1.29, 1.82) is 0 Å². The second kappa shape index (κ2) is 5.89. The van der Waals surface area contributed by atoms with Crippen molar-refractivity contribution < 1.29 is 18.8 Å². The van der Waals surface area contributed by atoms with Crippen LogP contribution < -0.4 is 0 Å². The highest BCUT2D eigenvalue weighted by molar-refractivity contribution is 7.56. The van der Waals surface area contributed by atoms with E-state index in [1.54, 1.807) is 0 Å². The van der Waals surface area contributed by atoms with Crippen LogP contribution in [0.25, 0.3) is 0 Å². The van der Waals surface area contributed by atoms with Crippen molar-refractivity contribution in [1.82, 2.24) is 0 Å². The highest BCUT2D eigenvalue weighted by Gasteiger charge is 2.41. The predicted octanol–water partition coefficient (Wildman–Crippen LogP) is 3.66. The Morgan fingerprint density at radius 2 is 1.88 bits per heavy atom. The van der Waals surface area contributed by atoms with Gasteiger partial charge in [0.1, 0.15) is 0 Å². The van der Waals surface area contributed by atoms with Gasteiger partial charge in [-0.1, -0.05) is 20.8 Å². The lowest BCUT2D eigenvalue weighted by Crippen LogP contribution is -2.40. The standard InChI is InChI=1S/C10H22ClO4PSi/c1-10(2,3)17(4,5)15-9(7-6-8-11)16(12,13)14/h7H,6,8H2,1-5H3,(H2,12,13,14). The van der Waals surface area contributed by atoms with Gasteiger partial charge in [-0.3, -0.25) is 4.57 Å². The first kappa shape index (κ1) is 17.2. The molecule has 0 aromatic carbocycles. The zero-order valence-corrected chi connectivity index (χ0v) is 13.7. The molecule has 0 rings (SSSR count). The minimum Gasteiger partial charge on any atom is -0.538 e. The van der Waals surface area contributed by atoms with E-state index >= 15 is 0 Å². The smallest absolute Gasteiger partial charge is 0.388 e. The Kier molecular flexibility index (Phi) is 5.96. The van der Waals surface area contributed by atoms with Gasteiger partial charge in [0, 0.05) is 5.88 Å². The first-order chi connectivity index (χ1) is 7.42. The van der Waals surface area contributed by atoms with Crippen LogP contribution in [0, 0.1) is 0 Å². The summed E-state index contributed by atoms with van der Waals surface area (Å²) in [5.74, 6) is 0.310. The number of hydrogen-bond donors (Lipinski definition) is 2. The Hall–Kier alpha value is 0.197. The van der Waals surface area contributed by atoms with Crippen LogP contribution in [0.1, 0.15) is 27.2 Å². The molecule has 0 unspecified atom stereocenters. The summed E-state index contributed by atoms with van der Waals surface area (Å²) in [5.41, 5.74) is -0.232. The van der Waals surface area contributed by atoms with Gasteiger partial charge < -0.3 is 14.2 Å². The predicted molar refractivity (Wildman–Crippen MR) is 73.7 cm³/mol. The molecule has 2 N–H and O–H groups in total.